The summed E-state index contributed by atoms with van der Waals surface area (Å²) in [6, 6.07) is 5.66. The maximum atomic E-state index is 12.6. The Hall–Kier alpha value is -1.22. The van der Waals surface area contributed by atoms with Crippen molar-refractivity contribution in [1.82, 2.24) is 0 Å². The maximum absolute atomic E-state index is 12.6. The highest BCUT2D eigenvalue weighted by atomic mass is 79.9. The van der Waals surface area contributed by atoms with Gasteiger partial charge >= 0.3 is 6.18 Å². The molecule has 6 heteroatoms. The van der Waals surface area contributed by atoms with Gasteiger partial charge in [0, 0.05) is 17.6 Å². The molecule has 0 heterocycles. The number of benzene rings is 1. The van der Waals surface area contributed by atoms with Gasteiger partial charge in [0.2, 0.25) is 0 Å². The Labute approximate surface area is 125 Å². The number of alkyl halides is 3. The summed E-state index contributed by atoms with van der Waals surface area (Å²) in [5.74, 6) is 0.350. The summed E-state index contributed by atoms with van der Waals surface area (Å²) in [6.07, 6.45) is -4.02. The number of hydrogen-bond donors (Lipinski definition) is 0. The fourth-order valence-electron chi connectivity index (χ4n) is 1.88. The topological polar surface area (TPSA) is 27.0 Å². The van der Waals surface area contributed by atoms with Gasteiger partial charge in [0.25, 0.3) is 0 Å². The largest absolute Gasteiger partial charge is 0.416 e. The fraction of sp³-hybridized carbons (Fsp3) is 0.500. The van der Waals surface area contributed by atoms with Crippen molar-refractivity contribution in [3.8, 4) is 6.07 Å². The Kier molecular flexibility index (Phi) is 5.88. The van der Waals surface area contributed by atoms with E-state index in [0.29, 0.717) is 35.6 Å². The van der Waals surface area contributed by atoms with Crippen LogP contribution in [0.25, 0.3) is 0 Å². The second-order valence-corrected chi connectivity index (χ2v) is 5.77. The molecule has 1 rings (SSSR count). The smallest absolute Gasteiger partial charge is 0.369 e. The van der Waals surface area contributed by atoms with E-state index in [2.05, 4.69) is 22.0 Å². The van der Waals surface area contributed by atoms with Gasteiger partial charge in [-0.05, 0) is 40.0 Å². The Morgan fingerprint density at radius 1 is 1.35 bits per heavy atom. The van der Waals surface area contributed by atoms with Crippen molar-refractivity contribution in [1.29, 1.82) is 5.26 Å². The van der Waals surface area contributed by atoms with Gasteiger partial charge in [0.1, 0.15) is 0 Å². The minimum Gasteiger partial charge on any atom is -0.369 e. The molecule has 0 bridgehead atoms. The molecule has 1 aromatic rings. The molecule has 0 spiro atoms. The first kappa shape index (κ1) is 16.8. The molecule has 1 aromatic carbocycles. The normalized spacial score (nSPS) is 11.5. The van der Waals surface area contributed by atoms with E-state index in [-0.39, 0.29) is 0 Å². The van der Waals surface area contributed by atoms with Crippen LogP contribution in [0, 0.1) is 17.2 Å². The molecule has 0 atom stereocenters. The zero-order valence-corrected chi connectivity index (χ0v) is 12.9. The van der Waals surface area contributed by atoms with Crippen LogP contribution in [0.3, 0.4) is 0 Å². The number of nitrogens with zero attached hydrogens (tertiary/aromatic N) is 2. The van der Waals surface area contributed by atoms with Crippen molar-refractivity contribution in [2.45, 2.75) is 26.4 Å². The lowest BCUT2D eigenvalue weighted by Crippen LogP contribution is -2.29. The number of nitriles is 1. The molecule has 0 fully saturated rings. The Morgan fingerprint density at radius 2 is 2.00 bits per heavy atom. The van der Waals surface area contributed by atoms with Gasteiger partial charge in [-0.25, -0.2) is 0 Å². The fourth-order valence-corrected chi connectivity index (χ4v) is 2.51. The maximum Gasteiger partial charge on any atom is 0.416 e. The summed E-state index contributed by atoms with van der Waals surface area (Å²) in [4.78, 5) is 1.93. The minimum absolute atomic E-state index is 0.334. The van der Waals surface area contributed by atoms with Crippen molar-refractivity contribution in [3.05, 3.63) is 28.2 Å². The van der Waals surface area contributed by atoms with E-state index in [9.17, 15) is 13.2 Å². The highest BCUT2D eigenvalue weighted by Crippen LogP contribution is 2.35. The van der Waals surface area contributed by atoms with E-state index in [1.807, 2.05) is 18.7 Å². The van der Waals surface area contributed by atoms with E-state index in [1.54, 1.807) is 0 Å². The molecule has 20 heavy (non-hydrogen) atoms. The lowest BCUT2D eigenvalue weighted by Gasteiger charge is -2.27. The molecular formula is C14H16BrF3N2. The highest BCUT2D eigenvalue weighted by molar-refractivity contribution is 9.10. The van der Waals surface area contributed by atoms with E-state index >= 15 is 0 Å². The average Bonchev–Trinajstić information content (AvgIpc) is 2.33. The van der Waals surface area contributed by atoms with Crippen LogP contribution in [0.15, 0.2) is 22.7 Å². The quantitative estimate of drug-likeness (QED) is 0.760. The third-order valence-corrected chi connectivity index (χ3v) is 3.33. The predicted molar refractivity (Wildman–Crippen MR) is 76.4 cm³/mol. The Bertz CT molecular complexity index is 492. The van der Waals surface area contributed by atoms with Gasteiger partial charge in [-0.3, -0.25) is 0 Å². The van der Waals surface area contributed by atoms with Crippen LogP contribution in [0.1, 0.15) is 25.8 Å². The molecule has 0 aromatic heterocycles. The zero-order chi connectivity index (χ0) is 15.3. The van der Waals surface area contributed by atoms with Crippen molar-refractivity contribution in [2.24, 2.45) is 5.92 Å². The van der Waals surface area contributed by atoms with E-state index in [0.717, 1.165) is 12.1 Å². The molecule has 0 unspecified atom stereocenters. The summed E-state index contributed by atoms with van der Waals surface area (Å²) in [7, 11) is 0. The van der Waals surface area contributed by atoms with Gasteiger partial charge in [-0.15, -0.1) is 0 Å². The first-order valence-electron chi connectivity index (χ1n) is 6.24. The monoisotopic (exact) mass is 348 g/mol. The first-order chi connectivity index (χ1) is 9.25. The number of anilines is 1. The van der Waals surface area contributed by atoms with Crippen LogP contribution in [0.5, 0.6) is 0 Å². The zero-order valence-electron chi connectivity index (χ0n) is 11.3. The van der Waals surface area contributed by atoms with Crippen LogP contribution in [0.4, 0.5) is 18.9 Å². The average molecular weight is 349 g/mol. The summed E-state index contributed by atoms with van der Waals surface area (Å²) in [5, 5.41) is 8.68. The highest BCUT2D eigenvalue weighted by Gasteiger charge is 2.31. The molecule has 0 aliphatic heterocycles. The standard InChI is InChI=1S/C14H16BrF3N2/c1-10(2)9-20(7-3-6-19)13-5-4-11(8-12(13)15)14(16,17)18/h4-5,8,10H,3,7,9H2,1-2H3. The lowest BCUT2D eigenvalue weighted by atomic mass is 10.1. The molecule has 0 aliphatic rings. The van der Waals surface area contributed by atoms with Gasteiger partial charge in [0.15, 0.2) is 0 Å². The van der Waals surface area contributed by atoms with Crippen LogP contribution in [-0.2, 0) is 6.18 Å². The lowest BCUT2D eigenvalue weighted by molar-refractivity contribution is -0.137. The second kappa shape index (κ2) is 6.98. The summed E-state index contributed by atoms with van der Waals surface area (Å²) in [5.41, 5.74) is -0.000134. The number of halogens is 4. The van der Waals surface area contributed by atoms with Crippen molar-refractivity contribution < 1.29 is 13.2 Å². The van der Waals surface area contributed by atoms with Gasteiger partial charge in [-0.1, -0.05) is 13.8 Å². The molecule has 0 aliphatic carbocycles. The molecule has 0 N–H and O–H groups in total. The van der Waals surface area contributed by atoms with E-state index in [1.165, 1.54) is 6.07 Å². The second-order valence-electron chi connectivity index (χ2n) is 4.91. The number of rotatable bonds is 5. The van der Waals surface area contributed by atoms with Crippen molar-refractivity contribution >= 4 is 21.6 Å². The van der Waals surface area contributed by atoms with E-state index < -0.39 is 11.7 Å². The van der Waals surface area contributed by atoms with Crippen LogP contribution in [0.2, 0.25) is 0 Å². The summed E-state index contributed by atoms with van der Waals surface area (Å²) in [6.45, 7) is 5.24. The third kappa shape index (κ3) is 4.71. The molecule has 0 saturated heterocycles. The Balaban J connectivity index is 3.05. The summed E-state index contributed by atoms with van der Waals surface area (Å²) < 4.78 is 38.3. The molecule has 0 amide bonds. The molecule has 0 radical (unpaired) electrons. The minimum atomic E-state index is -4.35. The van der Waals surface area contributed by atoms with E-state index in [4.69, 9.17) is 5.26 Å². The van der Waals surface area contributed by atoms with Crippen molar-refractivity contribution in [2.75, 3.05) is 18.0 Å². The predicted octanol–water partition coefficient (Wildman–Crippen LogP) is 4.84. The Morgan fingerprint density at radius 3 is 2.45 bits per heavy atom. The molecule has 0 saturated carbocycles. The molecular weight excluding hydrogens is 333 g/mol. The molecule has 2 nitrogen and oxygen atoms in total. The van der Waals surface area contributed by atoms with Crippen LogP contribution < -0.4 is 4.90 Å². The van der Waals surface area contributed by atoms with Crippen molar-refractivity contribution in [3.63, 3.8) is 0 Å². The van der Waals surface area contributed by atoms with Gasteiger partial charge in [-0.2, -0.15) is 18.4 Å². The van der Waals surface area contributed by atoms with Crippen LogP contribution in [-0.4, -0.2) is 13.1 Å². The van der Waals surface area contributed by atoms with Crippen LogP contribution >= 0.6 is 15.9 Å². The summed E-state index contributed by atoms with van der Waals surface area (Å²) >= 11 is 3.20. The van der Waals surface area contributed by atoms with Gasteiger partial charge < -0.3 is 4.90 Å². The number of hydrogen-bond acceptors (Lipinski definition) is 2. The molecule has 110 valence electrons. The first-order valence-corrected chi connectivity index (χ1v) is 7.03. The van der Waals surface area contributed by atoms with Gasteiger partial charge in [0.05, 0.1) is 23.7 Å². The third-order valence-electron chi connectivity index (χ3n) is 2.69. The SMILES string of the molecule is CC(C)CN(CCC#N)c1ccc(C(F)(F)F)cc1Br.